The van der Waals surface area contributed by atoms with Crippen LogP contribution in [0, 0.1) is 6.92 Å². The summed E-state index contributed by atoms with van der Waals surface area (Å²) in [6, 6.07) is 17.8. The molecule has 0 aliphatic rings. The number of carbonyl (C=O) groups is 1. The predicted molar refractivity (Wildman–Crippen MR) is 127 cm³/mol. The molecule has 0 atom stereocenters. The molecule has 6 nitrogen and oxygen atoms in total. The Morgan fingerprint density at radius 1 is 1.00 bits per heavy atom. The van der Waals surface area contributed by atoms with E-state index in [0.717, 1.165) is 34.1 Å². The third-order valence-electron chi connectivity index (χ3n) is 5.25. The summed E-state index contributed by atoms with van der Waals surface area (Å²) in [5.74, 6) is -0.545. The van der Waals surface area contributed by atoms with E-state index in [1.54, 1.807) is 19.1 Å². The minimum Gasteiger partial charge on any atom is -0.495 e. The van der Waals surface area contributed by atoms with Crippen LogP contribution in [0.25, 0.3) is 0 Å². The predicted octanol–water partition coefficient (Wildman–Crippen LogP) is 4.89. The van der Waals surface area contributed by atoms with Gasteiger partial charge in [0.2, 0.25) is 15.9 Å². The highest BCUT2D eigenvalue weighted by atomic mass is 32.2. The molecule has 0 spiro atoms. The van der Waals surface area contributed by atoms with Gasteiger partial charge in [-0.1, -0.05) is 36.4 Å². The van der Waals surface area contributed by atoms with Gasteiger partial charge < -0.3 is 10.1 Å². The highest BCUT2D eigenvalue weighted by Crippen LogP contribution is 2.30. The molecule has 186 valence electrons. The molecule has 0 heterocycles. The van der Waals surface area contributed by atoms with Crippen molar-refractivity contribution in [2.75, 3.05) is 25.5 Å². The van der Waals surface area contributed by atoms with E-state index >= 15 is 0 Å². The molecule has 35 heavy (non-hydrogen) atoms. The first kappa shape index (κ1) is 26.2. The van der Waals surface area contributed by atoms with Crippen molar-refractivity contribution in [1.29, 1.82) is 0 Å². The van der Waals surface area contributed by atoms with Crippen molar-refractivity contribution in [1.82, 2.24) is 4.31 Å². The molecular weight excluding hydrogens is 481 g/mol. The van der Waals surface area contributed by atoms with E-state index in [2.05, 4.69) is 5.32 Å². The van der Waals surface area contributed by atoms with Gasteiger partial charge in [0.15, 0.2) is 0 Å². The Morgan fingerprint density at radius 2 is 1.66 bits per heavy atom. The smallest absolute Gasteiger partial charge is 0.416 e. The SMILES string of the molecule is COc1ccc(C)cc1S(=O)(=O)N(CCc1ccccc1)CC(=O)Nc1ccc(C(F)(F)F)cc1. The third kappa shape index (κ3) is 6.83. The maximum Gasteiger partial charge on any atom is 0.416 e. The summed E-state index contributed by atoms with van der Waals surface area (Å²) in [4.78, 5) is 12.7. The number of sulfonamides is 1. The maximum atomic E-state index is 13.6. The van der Waals surface area contributed by atoms with Gasteiger partial charge in [-0.15, -0.1) is 0 Å². The number of nitrogens with one attached hydrogen (secondary N) is 1. The quantitative estimate of drug-likeness (QED) is 0.448. The number of benzene rings is 3. The van der Waals surface area contributed by atoms with Crippen molar-refractivity contribution in [2.45, 2.75) is 24.4 Å². The summed E-state index contributed by atoms with van der Waals surface area (Å²) in [6.07, 6.45) is -4.15. The number of carbonyl (C=O) groups excluding carboxylic acids is 1. The second kappa shape index (κ2) is 10.9. The zero-order chi connectivity index (χ0) is 25.6. The van der Waals surface area contributed by atoms with Crippen LogP contribution in [0.15, 0.2) is 77.7 Å². The van der Waals surface area contributed by atoms with Gasteiger partial charge >= 0.3 is 6.18 Å². The fourth-order valence-electron chi connectivity index (χ4n) is 3.41. The summed E-state index contributed by atoms with van der Waals surface area (Å²) >= 11 is 0. The number of halogens is 3. The van der Waals surface area contributed by atoms with Crippen LogP contribution in [0.4, 0.5) is 18.9 Å². The topological polar surface area (TPSA) is 75.7 Å². The van der Waals surface area contributed by atoms with Crippen molar-refractivity contribution >= 4 is 21.6 Å². The van der Waals surface area contributed by atoms with Crippen LogP contribution in [-0.2, 0) is 27.4 Å². The van der Waals surface area contributed by atoms with Crippen molar-refractivity contribution in [2.24, 2.45) is 0 Å². The van der Waals surface area contributed by atoms with Crippen LogP contribution in [0.5, 0.6) is 5.75 Å². The Morgan fingerprint density at radius 3 is 2.26 bits per heavy atom. The molecule has 0 aromatic heterocycles. The molecule has 1 N–H and O–H groups in total. The standard InChI is InChI=1S/C25H25F3N2O4S/c1-18-8-13-22(34-2)23(16-18)35(32,33)30(15-14-19-6-4-3-5-7-19)17-24(31)29-21-11-9-20(10-12-21)25(26,27)28/h3-13,16H,14-15,17H2,1-2H3,(H,29,31). The number of rotatable bonds is 9. The van der Waals surface area contributed by atoms with Crippen LogP contribution in [-0.4, -0.2) is 38.8 Å². The summed E-state index contributed by atoms with van der Waals surface area (Å²) in [5.41, 5.74) is 0.847. The number of nitrogens with zero attached hydrogens (tertiary/aromatic N) is 1. The Bertz CT molecular complexity index is 1260. The lowest BCUT2D eigenvalue weighted by atomic mass is 10.1. The first-order chi connectivity index (χ1) is 16.5. The van der Waals surface area contributed by atoms with Gasteiger partial charge in [0.25, 0.3) is 0 Å². The Labute approximate surface area is 202 Å². The number of aryl methyl sites for hydroxylation is 1. The fraction of sp³-hybridized carbons (Fsp3) is 0.240. The lowest BCUT2D eigenvalue weighted by molar-refractivity contribution is -0.137. The van der Waals surface area contributed by atoms with E-state index < -0.39 is 34.2 Å². The number of hydrogen-bond acceptors (Lipinski definition) is 4. The minimum absolute atomic E-state index is 0.00384. The highest BCUT2D eigenvalue weighted by molar-refractivity contribution is 7.89. The van der Waals surface area contributed by atoms with Crippen molar-refractivity contribution < 1.29 is 31.1 Å². The molecule has 0 saturated carbocycles. The molecule has 3 aromatic carbocycles. The van der Waals surface area contributed by atoms with Crippen molar-refractivity contribution in [3.05, 3.63) is 89.5 Å². The zero-order valence-electron chi connectivity index (χ0n) is 19.2. The normalized spacial score (nSPS) is 11.9. The number of anilines is 1. The maximum absolute atomic E-state index is 13.6. The monoisotopic (exact) mass is 506 g/mol. The largest absolute Gasteiger partial charge is 0.495 e. The number of alkyl halides is 3. The second-order valence-electron chi connectivity index (χ2n) is 7.85. The van der Waals surface area contributed by atoms with Gasteiger partial charge in [0, 0.05) is 12.2 Å². The third-order valence-corrected chi connectivity index (χ3v) is 7.11. The van der Waals surface area contributed by atoms with Crippen LogP contribution in [0.3, 0.4) is 0 Å². The molecule has 3 rings (SSSR count). The summed E-state index contributed by atoms with van der Waals surface area (Å²) < 4.78 is 71.8. The first-order valence-electron chi connectivity index (χ1n) is 10.7. The summed E-state index contributed by atoms with van der Waals surface area (Å²) in [7, 11) is -2.79. The van der Waals surface area contributed by atoms with E-state index in [4.69, 9.17) is 4.74 Å². The van der Waals surface area contributed by atoms with E-state index in [1.165, 1.54) is 13.2 Å². The molecular formula is C25H25F3N2O4S. The molecule has 0 bridgehead atoms. The fourth-order valence-corrected chi connectivity index (χ4v) is 5.05. The van der Waals surface area contributed by atoms with Gasteiger partial charge in [-0.2, -0.15) is 17.5 Å². The van der Waals surface area contributed by atoms with E-state index in [0.29, 0.717) is 12.0 Å². The number of methoxy groups -OCH3 is 1. The molecule has 0 fully saturated rings. The van der Waals surface area contributed by atoms with Crippen LogP contribution in [0.2, 0.25) is 0 Å². The minimum atomic E-state index is -4.50. The van der Waals surface area contributed by atoms with Crippen LogP contribution < -0.4 is 10.1 Å². The molecule has 10 heteroatoms. The number of hydrogen-bond donors (Lipinski definition) is 1. The van der Waals surface area contributed by atoms with E-state index in [-0.39, 0.29) is 22.9 Å². The van der Waals surface area contributed by atoms with Gasteiger partial charge in [0.1, 0.15) is 10.6 Å². The van der Waals surface area contributed by atoms with Crippen LogP contribution >= 0.6 is 0 Å². The van der Waals surface area contributed by atoms with Gasteiger partial charge in [-0.25, -0.2) is 8.42 Å². The first-order valence-corrected chi connectivity index (χ1v) is 12.1. The van der Waals surface area contributed by atoms with Gasteiger partial charge in [-0.3, -0.25) is 4.79 Å². The molecule has 0 aliphatic heterocycles. The van der Waals surface area contributed by atoms with Crippen molar-refractivity contribution in [3.63, 3.8) is 0 Å². The summed E-state index contributed by atoms with van der Waals surface area (Å²) in [5, 5.41) is 2.47. The highest BCUT2D eigenvalue weighted by Gasteiger charge is 2.31. The lowest BCUT2D eigenvalue weighted by Gasteiger charge is -2.23. The number of amides is 1. The molecule has 0 unspecified atom stereocenters. The summed E-state index contributed by atoms with van der Waals surface area (Å²) in [6.45, 7) is 1.21. The average molecular weight is 507 g/mol. The molecule has 0 aliphatic carbocycles. The average Bonchev–Trinajstić information content (AvgIpc) is 2.82. The van der Waals surface area contributed by atoms with Gasteiger partial charge in [-0.05, 0) is 60.9 Å². The van der Waals surface area contributed by atoms with Gasteiger partial charge in [0.05, 0.1) is 19.2 Å². The molecule has 0 radical (unpaired) electrons. The molecule has 1 amide bonds. The van der Waals surface area contributed by atoms with Crippen molar-refractivity contribution in [3.8, 4) is 5.75 Å². The number of ether oxygens (including phenoxy) is 1. The van der Waals surface area contributed by atoms with Crippen LogP contribution in [0.1, 0.15) is 16.7 Å². The second-order valence-corrected chi connectivity index (χ2v) is 9.76. The Balaban J connectivity index is 1.85. The molecule has 0 saturated heterocycles. The Hall–Kier alpha value is -3.37. The van der Waals surface area contributed by atoms with E-state index in [1.807, 2.05) is 30.3 Å². The lowest BCUT2D eigenvalue weighted by Crippen LogP contribution is -2.39. The Kier molecular flexibility index (Phi) is 8.18. The zero-order valence-corrected chi connectivity index (χ0v) is 20.0. The van der Waals surface area contributed by atoms with E-state index in [9.17, 15) is 26.4 Å². The molecule has 3 aromatic rings.